The van der Waals surface area contributed by atoms with Gasteiger partial charge in [0, 0.05) is 21.4 Å². The summed E-state index contributed by atoms with van der Waals surface area (Å²) in [7, 11) is 0. The highest BCUT2D eigenvalue weighted by atomic mass is 35.5. The zero-order valence-electron chi connectivity index (χ0n) is 23.8. The van der Waals surface area contributed by atoms with Gasteiger partial charge in [-0.05, 0) is 72.1 Å². The molecule has 4 aromatic carbocycles. The first kappa shape index (κ1) is 30.9. The summed E-state index contributed by atoms with van der Waals surface area (Å²) < 4.78 is 6.53. The second-order valence-electron chi connectivity index (χ2n) is 10.3. The van der Waals surface area contributed by atoms with Crippen LogP contribution in [0.15, 0.2) is 107 Å². The Labute approximate surface area is 278 Å². The lowest BCUT2D eigenvalue weighted by Crippen LogP contribution is -2.29. The van der Waals surface area contributed by atoms with Crippen molar-refractivity contribution in [1.82, 2.24) is 10.2 Å². The third-order valence-electron chi connectivity index (χ3n) is 7.10. The molecule has 1 amide bonds. The molecule has 1 aliphatic rings. The summed E-state index contributed by atoms with van der Waals surface area (Å²) in [5, 5.41) is 21.3. The van der Waals surface area contributed by atoms with E-state index in [1.165, 1.54) is 28.0 Å². The van der Waals surface area contributed by atoms with Crippen LogP contribution < -0.4 is 9.64 Å². The van der Waals surface area contributed by atoms with Gasteiger partial charge in [0.15, 0.2) is 4.34 Å². The number of rotatable bonds is 9. The van der Waals surface area contributed by atoms with Crippen LogP contribution in [0.4, 0.5) is 5.13 Å². The largest absolute Gasteiger partial charge is 0.507 e. The van der Waals surface area contributed by atoms with Crippen molar-refractivity contribution in [3.05, 3.63) is 140 Å². The van der Waals surface area contributed by atoms with E-state index in [0.29, 0.717) is 43.6 Å². The molecule has 1 atom stereocenters. The summed E-state index contributed by atoms with van der Waals surface area (Å²) >= 11 is 15.0. The number of halogens is 2. The van der Waals surface area contributed by atoms with E-state index in [0.717, 1.165) is 16.7 Å². The Kier molecular flexibility index (Phi) is 9.23. The van der Waals surface area contributed by atoms with Gasteiger partial charge >= 0.3 is 5.91 Å². The van der Waals surface area contributed by atoms with Crippen LogP contribution in [-0.4, -0.2) is 27.0 Å². The summed E-state index contributed by atoms with van der Waals surface area (Å²) in [4.78, 5) is 28.4. The molecule has 6 rings (SSSR count). The van der Waals surface area contributed by atoms with Crippen molar-refractivity contribution in [3.63, 3.8) is 0 Å². The van der Waals surface area contributed by atoms with Gasteiger partial charge in [0.1, 0.15) is 18.1 Å². The number of carbonyl (C=O) groups excluding carboxylic acids is 2. The maximum absolute atomic E-state index is 13.5. The Balaban J connectivity index is 1.29. The molecule has 0 aliphatic carbocycles. The maximum Gasteiger partial charge on any atom is 0.301 e. The molecule has 1 saturated heterocycles. The van der Waals surface area contributed by atoms with Crippen molar-refractivity contribution in [1.29, 1.82) is 0 Å². The monoisotopic (exact) mass is 673 g/mol. The molecule has 0 radical (unpaired) electrons. The number of hydrogen-bond acceptors (Lipinski definition) is 8. The smallest absolute Gasteiger partial charge is 0.301 e. The first-order valence-electron chi connectivity index (χ1n) is 13.8. The van der Waals surface area contributed by atoms with Crippen molar-refractivity contribution in [2.75, 3.05) is 4.90 Å². The predicted molar refractivity (Wildman–Crippen MR) is 179 cm³/mol. The van der Waals surface area contributed by atoms with Crippen LogP contribution in [0.25, 0.3) is 5.76 Å². The van der Waals surface area contributed by atoms with Crippen molar-refractivity contribution < 1.29 is 19.4 Å². The van der Waals surface area contributed by atoms with Crippen molar-refractivity contribution >= 4 is 68.9 Å². The van der Waals surface area contributed by atoms with Crippen molar-refractivity contribution in [3.8, 4) is 5.75 Å². The minimum absolute atomic E-state index is 0.0683. The van der Waals surface area contributed by atoms with E-state index in [-0.39, 0.29) is 16.5 Å². The van der Waals surface area contributed by atoms with Gasteiger partial charge in [-0.1, -0.05) is 100 Å². The van der Waals surface area contributed by atoms with Crippen LogP contribution in [0.3, 0.4) is 0 Å². The van der Waals surface area contributed by atoms with Gasteiger partial charge in [0.2, 0.25) is 5.13 Å². The Morgan fingerprint density at radius 3 is 2.40 bits per heavy atom. The van der Waals surface area contributed by atoms with Crippen molar-refractivity contribution in [2.45, 2.75) is 29.7 Å². The van der Waals surface area contributed by atoms with Gasteiger partial charge < -0.3 is 9.84 Å². The molecular formula is C34H25Cl2N3O4S2. The van der Waals surface area contributed by atoms with E-state index >= 15 is 0 Å². The molecule has 7 nitrogen and oxygen atoms in total. The molecule has 0 saturated carbocycles. The molecule has 1 aromatic heterocycles. The number of aromatic nitrogens is 2. The fraction of sp³-hybridized carbons (Fsp3) is 0.118. The van der Waals surface area contributed by atoms with Crippen LogP contribution in [0.1, 0.15) is 33.9 Å². The standard InChI is InChI=1S/C34H25Cl2N3O4S2/c1-20-4-2-5-22(16-20)18-43-27-14-10-23(11-15-27)30(40)28-29(24-6-3-7-26(36)17-24)39(32(42)31(28)41)33-37-38-34(45-33)44-19-21-8-12-25(35)13-9-21/h2-17,29,40H,18-19H2,1H3. The summed E-state index contributed by atoms with van der Waals surface area (Å²) in [5.74, 6) is -0.745. The predicted octanol–water partition coefficient (Wildman–Crippen LogP) is 8.65. The van der Waals surface area contributed by atoms with E-state index in [4.69, 9.17) is 27.9 Å². The summed E-state index contributed by atoms with van der Waals surface area (Å²) in [5.41, 5.74) is 4.06. The minimum atomic E-state index is -0.969. The number of carbonyl (C=O) groups is 2. The van der Waals surface area contributed by atoms with E-state index in [1.54, 1.807) is 48.5 Å². The molecule has 2 heterocycles. The van der Waals surface area contributed by atoms with Gasteiger partial charge in [-0.15, -0.1) is 10.2 Å². The minimum Gasteiger partial charge on any atom is -0.507 e. The van der Waals surface area contributed by atoms with Gasteiger partial charge in [0.05, 0.1) is 11.6 Å². The average molecular weight is 675 g/mol. The Bertz CT molecular complexity index is 1910. The highest BCUT2D eigenvalue weighted by Crippen LogP contribution is 2.44. The molecule has 1 fully saturated rings. The van der Waals surface area contributed by atoms with Gasteiger partial charge in [-0.3, -0.25) is 14.5 Å². The lowest BCUT2D eigenvalue weighted by Gasteiger charge is -2.22. The number of ketones is 1. The normalized spacial score (nSPS) is 15.9. The summed E-state index contributed by atoms with van der Waals surface area (Å²) in [6, 6.07) is 28.1. The van der Waals surface area contributed by atoms with Crippen LogP contribution in [-0.2, 0) is 21.9 Å². The number of amides is 1. The number of aryl methyl sites for hydroxylation is 1. The number of benzene rings is 4. The number of anilines is 1. The first-order chi connectivity index (χ1) is 21.8. The number of hydrogen-bond donors (Lipinski definition) is 1. The topological polar surface area (TPSA) is 92.6 Å². The maximum atomic E-state index is 13.5. The molecule has 1 N–H and O–H groups in total. The fourth-order valence-corrected chi connectivity index (χ4v) is 7.09. The number of nitrogens with zero attached hydrogens (tertiary/aromatic N) is 3. The lowest BCUT2D eigenvalue weighted by atomic mass is 9.95. The molecular weight excluding hydrogens is 649 g/mol. The zero-order valence-corrected chi connectivity index (χ0v) is 27.0. The Hall–Kier alpha value is -4.15. The number of aliphatic hydroxyl groups is 1. The SMILES string of the molecule is Cc1cccc(COc2ccc(C(O)=C3C(=O)C(=O)N(c4nnc(SCc5ccc(Cl)cc5)s4)C3c3cccc(Cl)c3)cc2)c1. The average Bonchev–Trinajstić information content (AvgIpc) is 3.61. The molecule has 5 aromatic rings. The highest BCUT2D eigenvalue weighted by Gasteiger charge is 2.48. The van der Waals surface area contributed by atoms with Gasteiger partial charge in [-0.25, -0.2) is 0 Å². The lowest BCUT2D eigenvalue weighted by molar-refractivity contribution is -0.132. The number of Topliss-reactive ketones (excluding diaryl/α,β-unsaturated/α-hetero) is 1. The molecule has 0 bridgehead atoms. The second-order valence-corrected chi connectivity index (χ2v) is 13.3. The summed E-state index contributed by atoms with van der Waals surface area (Å²) in [6.45, 7) is 2.40. The molecule has 226 valence electrons. The van der Waals surface area contributed by atoms with Crippen LogP contribution >= 0.6 is 46.3 Å². The molecule has 1 aliphatic heterocycles. The van der Waals surface area contributed by atoms with E-state index in [2.05, 4.69) is 10.2 Å². The fourth-order valence-electron chi connectivity index (χ4n) is 4.94. The Morgan fingerprint density at radius 2 is 1.67 bits per heavy atom. The molecule has 11 heteroatoms. The number of ether oxygens (including phenoxy) is 1. The van der Waals surface area contributed by atoms with Gasteiger partial charge in [-0.2, -0.15) is 0 Å². The zero-order chi connectivity index (χ0) is 31.5. The Morgan fingerprint density at radius 1 is 0.911 bits per heavy atom. The molecule has 0 spiro atoms. The van der Waals surface area contributed by atoms with Gasteiger partial charge in [0.25, 0.3) is 5.78 Å². The molecule has 45 heavy (non-hydrogen) atoms. The van der Waals surface area contributed by atoms with E-state index in [1.807, 2.05) is 55.5 Å². The quantitative estimate of drug-likeness (QED) is 0.0550. The van der Waals surface area contributed by atoms with Crippen LogP contribution in [0.2, 0.25) is 10.0 Å². The number of thioether (sulfide) groups is 1. The highest BCUT2D eigenvalue weighted by molar-refractivity contribution is 8.00. The number of aliphatic hydroxyl groups excluding tert-OH is 1. The first-order valence-corrected chi connectivity index (χ1v) is 16.4. The third-order valence-corrected chi connectivity index (χ3v) is 9.72. The van der Waals surface area contributed by atoms with E-state index < -0.39 is 17.7 Å². The van der Waals surface area contributed by atoms with Crippen LogP contribution in [0, 0.1) is 6.92 Å². The van der Waals surface area contributed by atoms with Crippen molar-refractivity contribution in [2.24, 2.45) is 0 Å². The second kappa shape index (κ2) is 13.5. The van der Waals surface area contributed by atoms with E-state index in [9.17, 15) is 14.7 Å². The molecule has 1 unspecified atom stereocenters. The third kappa shape index (κ3) is 6.92. The summed E-state index contributed by atoms with van der Waals surface area (Å²) in [6.07, 6.45) is 0. The van der Waals surface area contributed by atoms with Crippen LogP contribution in [0.5, 0.6) is 5.75 Å².